The van der Waals surface area contributed by atoms with Gasteiger partial charge in [0.1, 0.15) is 0 Å². The van der Waals surface area contributed by atoms with E-state index in [-0.39, 0.29) is 6.29 Å². The zero-order chi connectivity index (χ0) is 23.3. The van der Waals surface area contributed by atoms with E-state index in [1.54, 1.807) is 0 Å². The van der Waals surface area contributed by atoms with Gasteiger partial charge in [0, 0.05) is 27.7 Å². The highest BCUT2D eigenvalue weighted by molar-refractivity contribution is 5.79. The predicted molar refractivity (Wildman–Crippen MR) is 84.7 cm³/mol. The van der Waals surface area contributed by atoms with E-state index in [4.69, 9.17) is 24.8 Å². The van der Waals surface area contributed by atoms with E-state index in [0.717, 1.165) is 27.7 Å². The Balaban J connectivity index is 0. The third kappa shape index (κ3) is 13.1. The molecule has 0 aromatic carbocycles. The molecule has 0 amide bonds. The first-order chi connectivity index (χ1) is 13.2. The standard InChI is InChI=1S/C14H18O11.HNO3/c1-6(16)22-10(5-15)11(23-7(2)17)12(24-8(3)18)13(14(20)21)25-9(4)19;2-1(3)4/h5,10-13H,1-4H3,(H,20,21);(H,2,3,4)/t10-,11+,12-,13-;/m0./s1. The van der Waals surface area contributed by atoms with Crippen LogP contribution in [0.5, 0.6) is 0 Å². The molecular weight excluding hydrogens is 406 g/mol. The van der Waals surface area contributed by atoms with Crippen molar-refractivity contribution in [2.75, 3.05) is 0 Å². The number of carboxylic acid groups (broad SMARTS) is 1. The van der Waals surface area contributed by atoms with E-state index in [1.807, 2.05) is 0 Å². The second-order valence-corrected chi connectivity index (χ2v) is 4.96. The Morgan fingerprint density at radius 3 is 1.45 bits per heavy atom. The molecular formula is C14H19NO14. The first kappa shape index (κ1) is 27.4. The highest BCUT2D eigenvalue weighted by atomic mass is 16.9. The fourth-order valence-electron chi connectivity index (χ4n) is 1.81. The Morgan fingerprint density at radius 1 is 0.828 bits per heavy atom. The molecule has 0 radical (unpaired) electrons. The molecule has 2 N–H and O–H groups in total. The number of hydrogen-bond donors (Lipinski definition) is 2. The molecule has 0 aromatic rings. The Bertz CT molecular complexity index is 640. The van der Waals surface area contributed by atoms with Crippen LogP contribution < -0.4 is 0 Å². The second kappa shape index (κ2) is 13.4. The average Bonchev–Trinajstić information content (AvgIpc) is 2.52. The number of carbonyl (C=O) groups is 6. The number of rotatable bonds is 9. The van der Waals surface area contributed by atoms with Gasteiger partial charge in [-0.3, -0.25) is 24.0 Å². The minimum absolute atomic E-state index is 0.0538. The molecule has 0 fully saturated rings. The van der Waals surface area contributed by atoms with Crippen molar-refractivity contribution >= 4 is 36.1 Å². The summed E-state index contributed by atoms with van der Waals surface area (Å²) in [5.41, 5.74) is 0. The van der Waals surface area contributed by atoms with Crippen molar-refractivity contribution in [3.63, 3.8) is 0 Å². The van der Waals surface area contributed by atoms with Gasteiger partial charge in [-0.25, -0.2) is 4.79 Å². The lowest BCUT2D eigenvalue weighted by Crippen LogP contribution is -2.54. The SMILES string of the molecule is CC(=O)O[C@@H]([C@H](OC(C)=O)[C@H](OC(C)=O)C(=O)O)[C@H](C=O)OC(C)=O.O=[N+]([O-])O. The van der Waals surface area contributed by atoms with E-state index >= 15 is 0 Å². The lowest BCUT2D eigenvalue weighted by atomic mass is 10.0. The zero-order valence-corrected chi connectivity index (χ0v) is 15.6. The summed E-state index contributed by atoms with van der Waals surface area (Å²) < 4.78 is 18.8. The van der Waals surface area contributed by atoms with Crippen molar-refractivity contribution in [3.05, 3.63) is 10.1 Å². The van der Waals surface area contributed by atoms with Crippen LogP contribution in [0.25, 0.3) is 0 Å². The molecule has 0 bridgehead atoms. The van der Waals surface area contributed by atoms with Crippen molar-refractivity contribution < 1.29 is 63.1 Å². The molecule has 15 nitrogen and oxygen atoms in total. The van der Waals surface area contributed by atoms with Gasteiger partial charge in [-0.15, -0.1) is 10.1 Å². The molecule has 29 heavy (non-hydrogen) atoms. The van der Waals surface area contributed by atoms with E-state index in [0.29, 0.717) is 0 Å². The van der Waals surface area contributed by atoms with Gasteiger partial charge in [-0.1, -0.05) is 0 Å². The van der Waals surface area contributed by atoms with Crippen molar-refractivity contribution in [2.45, 2.75) is 52.1 Å². The number of aldehydes is 1. The summed E-state index contributed by atoms with van der Waals surface area (Å²) in [6.07, 6.45) is -7.68. The Morgan fingerprint density at radius 2 is 1.17 bits per heavy atom. The molecule has 0 spiro atoms. The normalized spacial score (nSPS) is 13.7. The topological polar surface area (TPSA) is 223 Å². The molecule has 164 valence electrons. The summed E-state index contributed by atoms with van der Waals surface area (Å²) in [5, 5.41) is 22.9. The van der Waals surface area contributed by atoms with Crippen LogP contribution in [-0.4, -0.2) is 75.9 Å². The molecule has 0 saturated carbocycles. The molecule has 0 aliphatic rings. The number of carboxylic acids is 1. The van der Waals surface area contributed by atoms with Crippen molar-refractivity contribution in [1.29, 1.82) is 0 Å². The van der Waals surface area contributed by atoms with Crippen LogP contribution in [-0.2, 0) is 47.7 Å². The van der Waals surface area contributed by atoms with E-state index in [9.17, 15) is 33.9 Å². The molecule has 0 rings (SSSR count). The zero-order valence-electron chi connectivity index (χ0n) is 15.6. The summed E-state index contributed by atoms with van der Waals surface area (Å²) in [4.78, 5) is 75.8. The van der Waals surface area contributed by atoms with Gasteiger partial charge >= 0.3 is 29.8 Å². The summed E-state index contributed by atoms with van der Waals surface area (Å²) in [7, 11) is 0. The van der Waals surface area contributed by atoms with Gasteiger partial charge in [-0.2, -0.15) is 0 Å². The molecule has 0 unspecified atom stereocenters. The minimum Gasteiger partial charge on any atom is -0.478 e. The Kier molecular flexibility index (Phi) is 12.7. The summed E-state index contributed by atoms with van der Waals surface area (Å²) in [5.74, 6) is -5.75. The van der Waals surface area contributed by atoms with Crippen LogP contribution in [0.4, 0.5) is 0 Å². The summed E-state index contributed by atoms with van der Waals surface area (Å²) in [6, 6.07) is 0. The fourth-order valence-corrected chi connectivity index (χ4v) is 1.81. The Hall–Kier alpha value is -3.78. The molecule has 0 saturated heterocycles. The van der Waals surface area contributed by atoms with Gasteiger partial charge < -0.3 is 29.3 Å². The summed E-state index contributed by atoms with van der Waals surface area (Å²) in [6.45, 7) is 3.68. The molecule has 4 atom stereocenters. The minimum atomic E-state index is -2.12. The van der Waals surface area contributed by atoms with Gasteiger partial charge in [0.15, 0.2) is 24.6 Å². The van der Waals surface area contributed by atoms with Crippen LogP contribution in [0.2, 0.25) is 0 Å². The lowest BCUT2D eigenvalue weighted by Gasteiger charge is -2.32. The highest BCUT2D eigenvalue weighted by Gasteiger charge is 2.46. The Labute approximate surface area is 162 Å². The van der Waals surface area contributed by atoms with E-state index in [1.165, 1.54) is 0 Å². The van der Waals surface area contributed by atoms with Crippen LogP contribution in [0.15, 0.2) is 0 Å². The van der Waals surface area contributed by atoms with Crippen molar-refractivity contribution in [1.82, 2.24) is 0 Å². The number of nitrogens with zero attached hydrogens (tertiary/aromatic N) is 1. The quantitative estimate of drug-likeness (QED) is 0.143. The van der Waals surface area contributed by atoms with Crippen LogP contribution in [0, 0.1) is 10.1 Å². The van der Waals surface area contributed by atoms with Crippen LogP contribution in [0.1, 0.15) is 27.7 Å². The fraction of sp³-hybridized carbons (Fsp3) is 0.571. The number of esters is 4. The molecule has 0 aliphatic heterocycles. The summed E-state index contributed by atoms with van der Waals surface area (Å²) >= 11 is 0. The third-order valence-corrected chi connectivity index (χ3v) is 2.52. The number of carbonyl (C=O) groups excluding carboxylic acids is 5. The van der Waals surface area contributed by atoms with Crippen molar-refractivity contribution in [2.24, 2.45) is 0 Å². The molecule has 0 aliphatic carbocycles. The number of aliphatic carboxylic acids is 1. The molecule has 0 aromatic heterocycles. The van der Waals surface area contributed by atoms with E-state index in [2.05, 4.69) is 9.47 Å². The van der Waals surface area contributed by atoms with Gasteiger partial charge in [-0.05, 0) is 0 Å². The first-order valence-electron chi connectivity index (χ1n) is 7.43. The maximum absolute atomic E-state index is 11.4. The molecule has 0 heterocycles. The average molecular weight is 425 g/mol. The number of hydrogen-bond acceptors (Lipinski definition) is 12. The lowest BCUT2D eigenvalue weighted by molar-refractivity contribution is -0.742. The largest absolute Gasteiger partial charge is 0.478 e. The van der Waals surface area contributed by atoms with Crippen LogP contribution in [0.3, 0.4) is 0 Å². The van der Waals surface area contributed by atoms with Gasteiger partial charge in [0.05, 0.1) is 0 Å². The highest BCUT2D eigenvalue weighted by Crippen LogP contribution is 2.19. The van der Waals surface area contributed by atoms with Crippen molar-refractivity contribution in [3.8, 4) is 0 Å². The van der Waals surface area contributed by atoms with Gasteiger partial charge in [0.25, 0.3) is 5.09 Å². The van der Waals surface area contributed by atoms with Crippen LogP contribution >= 0.6 is 0 Å². The maximum Gasteiger partial charge on any atom is 0.349 e. The smallest absolute Gasteiger partial charge is 0.349 e. The molecule has 15 heteroatoms. The second-order valence-electron chi connectivity index (χ2n) is 4.96. The monoisotopic (exact) mass is 425 g/mol. The third-order valence-electron chi connectivity index (χ3n) is 2.52. The maximum atomic E-state index is 11.4. The first-order valence-corrected chi connectivity index (χ1v) is 7.43. The van der Waals surface area contributed by atoms with E-state index < -0.39 is 59.3 Å². The number of ether oxygens (including phenoxy) is 4. The predicted octanol–water partition coefficient (Wildman–Crippen LogP) is -1.35. The van der Waals surface area contributed by atoms with Gasteiger partial charge in [0.2, 0.25) is 6.10 Å².